The third kappa shape index (κ3) is 3.00. The van der Waals surface area contributed by atoms with E-state index in [9.17, 15) is 0 Å². The Balaban J connectivity index is 2.08. The van der Waals surface area contributed by atoms with Gasteiger partial charge in [0, 0.05) is 27.6 Å². The Morgan fingerprint density at radius 1 is 1.05 bits per heavy atom. The molecule has 0 fully saturated rings. The van der Waals surface area contributed by atoms with Crippen molar-refractivity contribution in [2.75, 3.05) is 6.54 Å². The first-order valence-electron chi connectivity index (χ1n) is 6.73. The van der Waals surface area contributed by atoms with Crippen LogP contribution in [-0.2, 0) is 6.42 Å². The average Bonchev–Trinajstić information content (AvgIpc) is 2.81. The fourth-order valence-corrected chi connectivity index (χ4v) is 3.40. The molecular weight excluding hydrogens is 329 g/mol. The molecule has 1 aliphatic rings. The smallest absolute Gasteiger partial charge is 0.131 e. The maximum absolute atomic E-state index is 6.31. The summed E-state index contributed by atoms with van der Waals surface area (Å²) in [7, 11) is 0. The molecule has 0 saturated carbocycles. The van der Waals surface area contributed by atoms with E-state index in [1.54, 1.807) is 6.07 Å². The lowest BCUT2D eigenvalue weighted by Crippen LogP contribution is -2.17. The molecule has 2 aromatic rings. The van der Waals surface area contributed by atoms with E-state index in [1.807, 2.05) is 24.3 Å². The van der Waals surface area contributed by atoms with Gasteiger partial charge in [0.15, 0.2) is 0 Å². The van der Waals surface area contributed by atoms with Crippen LogP contribution in [0.4, 0.5) is 0 Å². The van der Waals surface area contributed by atoms with Crippen LogP contribution < -0.4 is 10.5 Å². The first kappa shape index (κ1) is 15.0. The molecule has 1 aliphatic heterocycles. The van der Waals surface area contributed by atoms with E-state index < -0.39 is 0 Å². The van der Waals surface area contributed by atoms with Crippen molar-refractivity contribution in [3.63, 3.8) is 0 Å². The zero-order chi connectivity index (χ0) is 15.0. The van der Waals surface area contributed by atoms with E-state index >= 15 is 0 Å². The molecule has 0 spiro atoms. The largest absolute Gasteiger partial charge is 0.489 e. The summed E-state index contributed by atoms with van der Waals surface area (Å²) in [6, 6.07) is 9.23. The summed E-state index contributed by atoms with van der Waals surface area (Å²) < 4.78 is 6.04. The van der Waals surface area contributed by atoms with E-state index in [0.29, 0.717) is 21.6 Å². The molecule has 0 aliphatic carbocycles. The predicted octanol–water partition coefficient (Wildman–Crippen LogP) is 4.97. The molecule has 0 bridgehead atoms. The molecule has 110 valence electrons. The van der Waals surface area contributed by atoms with Gasteiger partial charge in [0.2, 0.25) is 0 Å². The van der Waals surface area contributed by atoms with Crippen LogP contribution in [0, 0.1) is 0 Å². The third-order valence-electron chi connectivity index (χ3n) is 3.57. The van der Waals surface area contributed by atoms with Gasteiger partial charge in [-0.15, -0.1) is 0 Å². The van der Waals surface area contributed by atoms with Crippen LogP contribution >= 0.6 is 34.8 Å². The number of fused-ring (bicyclic) bond motifs is 1. The summed E-state index contributed by atoms with van der Waals surface area (Å²) in [4.78, 5) is 0. The lowest BCUT2D eigenvalue weighted by Gasteiger charge is -2.13. The highest BCUT2D eigenvalue weighted by atomic mass is 35.5. The van der Waals surface area contributed by atoms with Crippen LogP contribution in [0.25, 0.3) is 11.1 Å². The van der Waals surface area contributed by atoms with E-state index in [0.717, 1.165) is 35.3 Å². The molecule has 5 heteroatoms. The van der Waals surface area contributed by atoms with Crippen LogP contribution in [-0.4, -0.2) is 12.6 Å². The lowest BCUT2D eigenvalue weighted by atomic mass is 10.00. The van der Waals surface area contributed by atoms with E-state index in [-0.39, 0.29) is 6.10 Å². The quantitative estimate of drug-likeness (QED) is 0.855. The summed E-state index contributed by atoms with van der Waals surface area (Å²) in [6.07, 6.45) is 1.75. The Kier molecular flexibility index (Phi) is 4.32. The molecule has 3 rings (SSSR count). The van der Waals surface area contributed by atoms with Gasteiger partial charge in [-0.2, -0.15) is 0 Å². The molecule has 21 heavy (non-hydrogen) atoms. The van der Waals surface area contributed by atoms with Gasteiger partial charge in [0.25, 0.3) is 0 Å². The molecule has 0 aromatic heterocycles. The summed E-state index contributed by atoms with van der Waals surface area (Å²) in [5, 5.41) is 1.86. The first-order chi connectivity index (χ1) is 10.1. The summed E-state index contributed by atoms with van der Waals surface area (Å²) in [5.41, 5.74) is 8.49. The van der Waals surface area contributed by atoms with Crippen LogP contribution in [0.1, 0.15) is 12.0 Å². The standard InChI is InChI=1S/C16H14Cl3NO/c17-10-1-2-13(15(19)8-10)14-7-11(18)5-9-6-12(3-4-20)21-16(9)14/h1-2,5,7-8,12H,3-4,6,20H2. The molecule has 2 N–H and O–H groups in total. The van der Waals surface area contributed by atoms with Crippen LogP contribution in [0.2, 0.25) is 15.1 Å². The molecule has 2 aromatic carbocycles. The van der Waals surface area contributed by atoms with Crippen molar-refractivity contribution >= 4 is 34.8 Å². The Morgan fingerprint density at radius 3 is 2.57 bits per heavy atom. The zero-order valence-electron chi connectivity index (χ0n) is 11.2. The minimum absolute atomic E-state index is 0.105. The predicted molar refractivity (Wildman–Crippen MR) is 88.7 cm³/mol. The van der Waals surface area contributed by atoms with Gasteiger partial charge in [0.1, 0.15) is 11.9 Å². The van der Waals surface area contributed by atoms with Crippen molar-refractivity contribution in [3.8, 4) is 16.9 Å². The minimum Gasteiger partial charge on any atom is -0.489 e. The maximum Gasteiger partial charge on any atom is 0.131 e. The van der Waals surface area contributed by atoms with Crippen molar-refractivity contribution in [1.82, 2.24) is 0 Å². The van der Waals surface area contributed by atoms with Gasteiger partial charge < -0.3 is 10.5 Å². The minimum atomic E-state index is 0.105. The molecule has 0 radical (unpaired) electrons. The number of hydrogen-bond acceptors (Lipinski definition) is 2. The fraction of sp³-hybridized carbons (Fsp3) is 0.250. The van der Waals surface area contributed by atoms with E-state index in [1.165, 1.54) is 0 Å². The summed E-state index contributed by atoms with van der Waals surface area (Å²) >= 11 is 18.5. The Labute approximate surface area is 138 Å². The third-order valence-corrected chi connectivity index (χ3v) is 4.34. The Hall–Kier alpha value is -0.930. The van der Waals surface area contributed by atoms with Crippen LogP contribution in [0.15, 0.2) is 30.3 Å². The summed E-state index contributed by atoms with van der Waals surface area (Å²) in [5.74, 6) is 0.849. The van der Waals surface area contributed by atoms with Gasteiger partial charge in [-0.05, 0) is 42.8 Å². The Bertz CT molecular complexity index is 687. The van der Waals surface area contributed by atoms with E-state index in [2.05, 4.69) is 0 Å². The highest BCUT2D eigenvalue weighted by Crippen LogP contribution is 2.44. The SMILES string of the molecule is NCCC1Cc2cc(Cl)cc(-c3ccc(Cl)cc3Cl)c2O1. The molecule has 2 nitrogen and oxygen atoms in total. The van der Waals surface area contributed by atoms with Crippen molar-refractivity contribution in [2.45, 2.75) is 18.9 Å². The Morgan fingerprint density at radius 2 is 1.86 bits per heavy atom. The first-order valence-corrected chi connectivity index (χ1v) is 7.86. The molecule has 1 atom stereocenters. The second-order valence-corrected chi connectivity index (χ2v) is 6.37. The molecule has 0 amide bonds. The lowest BCUT2D eigenvalue weighted by molar-refractivity contribution is 0.225. The molecule has 1 unspecified atom stereocenters. The number of ether oxygens (including phenoxy) is 1. The number of nitrogens with two attached hydrogens (primary N) is 1. The monoisotopic (exact) mass is 341 g/mol. The van der Waals surface area contributed by atoms with Gasteiger partial charge >= 0.3 is 0 Å². The number of hydrogen-bond donors (Lipinski definition) is 1. The molecular formula is C16H14Cl3NO. The second kappa shape index (κ2) is 6.05. The van der Waals surface area contributed by atoms with E-state index in [4.69, 9.17) is 45.3 Å². The average molecular weight is 343 g/mol. The van der Waals surface area contributed by atoms with Crippen molar-refractivity contribution in [3.05, 3.63) is 51.0 Å². The number of halogens is 3. The topological polar surface area (TPSA) is 35.2 Å². The normalized spacial score (nSPS) is 16.7. The van der Waals surface area contributed by atoms with Crippen LogP contribution in [0.5, 0.6) is 5.75 Å². The molecule has 0 saturated heterocycles. The van der Waals surface area contributed by atoms with Crippen molar-refractivity contribution in [2.24, 2.45) is 5.73 Å². The maximum atomic E-state index is 6.31. The zero-order valence-corrected chi connectivity index (χ0v) is 13.5. The second-order valence-electron chi connectivity index (χ2n) is 5.09. The highest BCUT2D eigenvalue weighted by Gasteiger charge is 2.26. The van der Waals surface area contributed by atoms with Crippen molar-refractivity contribution < 1.29 is 4.74 Å². The van der Waals surface area contributed by atoms with Gasteiger partial charge in [0.05, 0.1) is 5.02 Å². The molecule has 1 heterocycles. The number of benzene rings is 2. The van der Waals surface area contributed by atoms with Gasteiger partial charge in [-0.1, -0.05) is 40.9 Å². The fourth-order valence-electron chi connectivity index (χ4n) is 2.65. The number of rotatable bonds is 3. The van der Waals surface area contributed by atoms with Crippen molar-refractivity contribution in [1.29, 1.82) is 0 Å². The van der Waals surface area contributed by atoms with Gasteiger partial charge in [-0.3, -0.25) is 0 Å². The van der Waals surface area contributed by atoms with Crippen LogP contribution in [0.3, 0.4) is 0 Å². The van der Waals surface area contributed by atoms with Gasteiger partial charge in [-0.25, -0.2) is 0 Å². The highest BCUT2D eigenvalue weighted by molar-refractivity contribution is 6.36. The summed E-state index contributed by atoms with van der Waals surface area (Å²) in [6.45, 7) is 0.601.